The summed E-state index contributed by atoms with van der Waals surface area (Å²) >= 11 is 0. The zero-order chi connectivity index (χ0) is 20.9. The highest BCUT2D eigenvalue weighted by Gasteiger charge is 2.22. The number of hydrogen-bond acceptors (Lipinski definition) is 6. The maximum absolute atomic E-state index is 12.4. The van der Waals surface area contributed by atoms with E-state index in [1.165, 1.54) is 0 Å². The third kappa shape index (κ3) is 4.68. The number of rotatable bonds is 6. The molecule has 1 aliphatic heterocycles. The van der Waals surface area contributed by atoms with Crippen molar-refractivity contribution < 1.29 is 14.1 Å². The third-order valence-electron chi connectivity index (χ3n) is 5.32. The van der Waals surface area contributed by atoms with E-state index in [1.807, 2.05) is 59.5 Å². The van der Waals surface area contributed by atoms with Crippen LogP contribution in [0.2, 0.25) is 0 Å². The number of amides is 1. The number of carbonyl (C=O) groups excluding carboxylic acids is 1. The predicted octanol–water partition coefficient (Wildman–Crippen LogP) is 3.34. The molecule has 0 N–H and O–H groups in total. The van der Waals surface area contributed by atoms with Gasteiger partial charge < -0.3 is 14.2 Å². The Hall–Kier alpha value is -3.19. The lowest BCUT2D eigenvalue weighted by Gasteiger charge is -2.36. The van der Waals surface area contributed by atoms with Crippen LogP contribution in [0.4, 0.5) is 0 Å². The summed E-state index contributed by atoms with van der Waals surface area (Å²) in [6.45, 7) is 7.72. The highest BCUT2D eigenvalue weighted by Crippen LogP contribution is 2.24. The van der Waals surface area contributed by atoms with Gasteiger partial charge in [-0.15, -0.1) is 0 Å². The number of aromatic nitrogens is 2. The predicted molar refractivity (Wildman–Crippen MR) is 114 cm³/mol. The molecule has 7 heteroatoms. The summed E-state index contributed by atoms with van der Waals surface area (Å²) in [6, 6.07) is 17.5. The molecular weight excluding hydrogens is 380 g/mol. The average Bonchev–Trinajstić information content (AvgIpc) is 3.29. The molecule has 1 amide bonds. The largest absolute Gasteiger partial charge is 0.484 e. The quantitative estimate of drug-likeness (QED) is 0.625. The molecule has 1 aromatic heterocycles. The van der Waals surface area contributed by atoms with Crippen LogP contribution >= 0.6 is 0 Å². The molecule has 0 aliphatic carbocycles. The van der Waals surface area contributed by atoms with Crippen molar-refractivity contribution in [3.63, 3.8) is 0 Å². The number of hydrogen-bond donors (Lipinski definition) is 0. The molecule has 30 heavy (non-hydrogen) atoms. The van der Waals surface area contributed by atoms with Gasteiger partial charge in [0, 0.05) is 43.3 Å². The Labute approximate surface area is 176 Å². The van der Waals surface area contributed by atoms with Crippen molar-refractivity contribution >= 4 is 5.91 Å². The lowest BCUT2D eigenvalue weighted by atomic mass is 10.2. The van der Waals surface area contributed by atoms with Gasteiger partial charge >= 0.3 is 0 Å². The smallest absolute Gasteiger partial charge is 0.260 e. The van der Waals surface area contributed by atoms with Crippen molar-refractivity contribution in [3.05, 3.63) is 54.6 Å². The minimum atomic E-state index is 0.0203. The normalized spacial score (nSPS) is 14.8. The maximum atomic E-state index is 12.4. The lowest BCUT2D eigenvalue weighted by molar-refractivity contribution is -0.135. The Morgan fingerprint density at radius 3 is 2.37 bits per heavy atom. The summed E-state index contributed by atoms with van der Waals surface area (Å²) in [6.07, 6.45) is 0. The molecule has 156 valence electrons. The van der Waals surface area contributed by atoms with Gasteiger partial charge in [-0.05, 0) is 38.1 Å². The van der Waals surface area contributed by atoms with Gasteiger partial charge in [-0.1, -0.05) is 35.5 Å². The van der Waals surface area contributed by atoms with E-state index < -0.39 is 0 Å². The zero-order valence-corrected chi connectivity index (χ0v) is 17.3. The van der Waals surface area contributed by atoms with Gasteiger partial charge in [-0.3, -0.25) is 9.69 Å². The number of benzene rings is 2. The fourth-order valence-electron chi connectivity index (χ4n) is 3.46. The molecule has 3 aromatic rings. The van der Waals surface area contributed by atoms with Crippen LogP contribution in [0.3, 0.4) is 0 Å². The van der Waals surface area contributed by atoms with Crippen molar-refractivity contribution in [3.8, 4) is 28.6 Å². The van der Waals surface area contributed by atoms with Gasteiger partial charge in [-0.25, -0.2) is 0 Å². The second kappa shape index (κ2) is 9.09. The van der Waals surface area contributed by atoms with E-state index in [0.29, 0.717) is 23.5 Å². The Morgan fingerprint density at radius 2 is 1.70 bits per heavy atom. The first-order valence-electron chi connectivity index (χ1n) is 10.2. The van der Waals surface area contributed by atoms with E-state index in [4.69, 9.17) is 9.26 Å². The molecule has 7 nitrogen and oxygen atoms in total. The molecule has 0 bridgehead atoms. The van der Waals surface area contributed by atoms with E-state index in [-0.39, 0.29) is 12.5 Å². The number of piperazine rings is 1. The van der Waals surface area contributed by atoms with E-state index in [0.717, 1.165) is 37.3 Å². The Balaban J connectivity index is 1.31. The summed E-state index contributed by atoms with van der Waals surface area (Å²) in [5, 5.41) is 4.04. The second-order valence-corrected chi connectivity index (χ2v) is 7.61. The van der Waals surface area contributed by atoms with Gasteiger partial charge in [0.2, 0.25) is 5.82 Å². The van der Waals surface area contributed by atoms with Crippen LogP contribution < -0.4 is 4.74 Å². The number of nitrogens with zero attached hydrogens (tertiary/aromatic N) is 4. The first-order chi connectivity index (χ1) is 14.6. The molecule has 1 aliphatic rings. The number of carbonyl (C=O) groups is 1. The van der Waals surface area contributed by atoms with Gasteiger partial charge in [0.05, 0.1) is 0 Å². The highest BCUT2D eigenvalue weighted by atomic mass is 16.5. The number of ether oxygens (including phenoxy) is 1. The molecule has 2 heterocycles. The summed E-state index contributed by atoms with van der Waals surface area (Å²) in [4.78, 5) is 21.1. The molecule has 1 fully saturated rings. The van der Waals surface area contributed by atoms with Gasteiger partial charge in [-0.2, -0.15) is 4.98 Å². The molecule has 0 spiro atoms. The average molecular weight is 406 g/mol. The van der Waals surface area contributed by atoms with Crippen molar-refractivity contribution in [1.82, 2.24) is 19.9 Å². The molecule has 2 aromatic carbocycles. The molecule has 1 saturated heterocycles. The van der Waals surface area contributed by atoms with E-state index in [1.54, 1.807) is 0 Å². The standard InChI is InChI=1S/C23H26N4O3/c1-17(2)26-12-14-27(15-13-26)21(28)16-29-20-10-8-19(9-11-20)23-24-22(25-30-23)18-6-4-3-5-7-18/h3-11,17H,12-16H2,1-2H3. The first kappa shape index (κ1) is 20.1. The Kier molecular flexibility index (Phi) is 6.09. The third-order valence-corrected chi connectivity index (χ3v) is 5.32. The van der Waals surface area contributed by atoms with Gasteiger partial charge in [0.15, 0.2) is 6.61 Å². The van der Waals surface area contributed by atoms with Gasteiger partial charge in [0.1, 0.15) is 5.75 Å². The van der Waals surface area contributed by atoms with Crippen LogP contribution in [-0.2, 0) is 4.79 Å². The van der Waals surface area contributed by atoms with Crippen LogP contribution in [0.1, 0.15) is 13.8 Å². The Morgan fingerprint density at radius 1 is 1.00 bits per heavy atom. The zero-order valence-electron chi connectivity index (χ0n) is 17.3. The summed E-state index contributed by atoms with van der Waals surface area (Å²) in [5.74, 6) is 1.65. The molecular formula is C23H26N4O3. The van der Waals surface area contributed by atoms with Crippen LogP contribution in [-0.4, -0.2) is 64.7 Å². The summed E-state index contributed by atoms with van der Waals surface area (Å²) in [7, 11) is 0. The van der Waals surface area contributed by atoms with Crippen molar-refractivity contribution in [2.75, 3.05) is 32.8 Å². The minimum absolute atomic E-state index is 0.0203. The maximum Gasteiger partial charge on any atom is 0.260 e. The van der Waals surface area contributed by atoms with E-state index in [2.05, 4.69) is 28.9 Å². The summed E-state index contributed by atoms with van der Waals surface area (Å²) in [5.41, 5.74) is 1.70. The molecule has 0 radical (unpaired) electrons. The van der Waals surface area contributed by atoms with Crippen LogP contribution in [0.25, 0.3) is 22.8 Å². The second-order valence-electron chi connectivity index (χ2n) is 7.61. The van der Waals surface area contributed by atoms with E-state index in [9.17, 15) is 4.79 Å². The minimum Gasteiger partial charge on any atom is -0.484 e. The summed E-state index contributed by atoms with van der Waals surface area (Å²) < 4.78 is 11.1. The van der Waals surface area contributed by atoms with Crippen molar-refractivity contribution in [1.29, 1.82) is 0 Å². The monoisotopic (exact) mass is 406 g/mol. The Bertz CT molecular complexity index is 962. The van der Waals surface area contributed by atoms with Crippen LogP contribution in [0.15, 0.2) is 59.1 Å². The van der Waals surface area contributed by atoms with Crippen LogP contribution in [0, 0.1) is 0 Å². The first-order valence-corrected chi connectivity index (χ1v) is 10.2. The van der Waals surface area contributed by atoms with Crippen LogP contribution in [0.5, 0.6) is 5.75 Å². The fraction of sp³-hybridized carbons (Fsp3) is 0.348. The molecule has 0 saturated carbocycles. The highest BCUT2D eigenvalue weighted by molar-refractivity contribution is 5.78. The molecule has 4 rings (SSSR count). The van der Waals surface area contributed by atoms with Gasteiger partial charge in [0.25, 0.3) is 11.8 Å². The van der Waals surface area contributed by atoms with E-state index >= 15 is 0 Å². The molecule has 0 unspecified atom stereocenters. The fourth-order valence-corrected chi connectivity index (χ4v) is 3.46. The van der Waals surface area contributed by atoms with Crippen molar-refractivity contribution in [2.24, 2.45) is 0 Å². The topological polar surface area (TPSA) is 71.7 Å². The SMILES string of the molecule is CC(C)N1CCN(C(=O)COc2ccc(-c3nc(-c4ccccc4)no3)cc2)CC1. The lowest BCUT2D eigenvalue weighted by Crippen LogP contribution is -2.51. The molecule has 0 atom stereocenters. The van der Waals surface area contributed by atoms with Crippen molar-refractivity contribution in [2.45, 2.75) is 19.9 Å².